The van der Waals surface area contributed by atoms with Crippen LogP contribution in [0.3, 0.4) is 0 Å². The zero-order valence-corrected chi connectivity index (χ0v) is 9.84. The first-order valence-electron chi connectivity index (χ1n) is 4.88. The molecule has 1 amide bonds. The summed E-state index contributed by atoms with van der Waals surface area (Å²) in [6.07, 6.45) is 1.70. The van der Waals surface area contributed by atoms with Crippen LogP contribution in [-0.4, -0.2) is 24.0 Å². The number of halogens is 1. The van der Waals surface area contributed by atoms with Crippen LogP contribution in [0.1, 0.15) is 5.69 Å². The Balaban J connectivity index is 2.52. The van der Waals surface area contributed by atoms with E-state index in [1.165, 1.54) is 0 Å². The summed E-state index contributed by atoms with van der Waals surface area (Å²) >= 11 is 5.71. The number of nitrogens with zero attached hydrogens (tertiary/aromatic N) is 1. The fraction of sp³-hybridized carbons (Fsp3) is 0.273. The topological polar surface area (TPSA) is 54.0 Å². The Labute approximate surface area is 99.7 Å². The third-order valence-corrected chi connectivity index (χ3v) is 2.11. The van der Waals surface area contributed by atoms with Crippen molar-refractivity contribution in [2.75, 3.05) is 18.4 Å². The van der Waals surface area contributed by atoms with Gasteiger partial charge < -0.3 is 10.6 Å². The lowest BCUT2D eigenvalue weighted by Gasteiger charge is -2.07. The molecule has 0 saturated carbocycles. The van der Waals surface area contributed by atoms with Crippen LogP contribution in [0.4, 0.5) is 5.69 Å². The minimum Gasteiger partial charge on any atom is -0.323 e. The van der Waals surface area contributed by atoms with Gasteiger partial charge in [0.2, 0.25) is 5.91 Å². The second kappa shape index (κ2) is 6.25. The lowest BCUT2D eigenvalue weighted by atomic mass is 10.3. The van der Waals surface area contributed by atoms with Gasteiger partial charge in [0.1, 0.15) is 5.15 Å². The summed E-state index contributed by atoms with van der Waals surface area (Å²) in [4.78, 5) is 15.5. The van der Waals surface area contributed by atoms with Gasteiger partial charge in [-0.15, -0.1) is 6.58 Å². The molecule has 1 rings (SSSR count). The van der Waals surface area contributed by atoms with Gasteiger partial charge in [-0.05, 0) is 19.1 Å². The SMILES string of the molecule is C=CCNCC(=O)Nc1ccc(Cl)nc1C. The number of rotatable bonds is 5. The molecule has 86 valence electrons. The van der Waals surface area contributed by atoms with Gasteiger partial charge in [-0.2, -0.15) is 0 Å². The number of carbonyl (C=O) groups is 1. The zero-order valence-electron chi connectivity index (χ0n) is 9.09. The van der Waals surface area contributed by atoms with E-state index in [9.17, 15) is 4.79 Å². The lowest BCUT2D eigenvalue weighted by Crippen LogP contribution is -2.28. The molecule has 1 aromatic rings. The van der Waals surface area contributed by atoms with E-state index in [1.54, 1.807) is 25.1 Å². The largest absolute Gasteiger partial charge is 0.323 e. The number of hydrogen-bond donors (Lipinski definition) is 2. The van der Waals surface area contributed by atoms with Crippen LogP contribution in [0, 0.1) is 6.92 Å². The van der Waals surface area contributed by atoms with Crippen molar-refractivity contribution in [3.8, 4) is 0 Å². The molecule has 2 N–H and O–H groups in total. The van der Waals surface area contributed by atoms with Gasteiger partial charge in [0.15, 0.2) is 0 Å². The van der Waals surface area contributed by atoms with Crippen molar-refractivity contribution >= 4 is 23.2 Å². The highest BCUT2D eigenvalue weighted by Gasteiger charge is 2.04. The van der Waals surface area contributed by atoms with Crippen LogP contribution in [0.5, 0.6) is 0 Å². The predicted molar refractivity (Wildman–Crippen MR) is 65.7 cm³/mol. The summed E-state index contributed by atoms with van der Waals surface area (Å²) in [7, 11) is 0. The zero-order chi connectivity index (χ0) is 12.0. The Bertz CT molecular complexity index is 393. The minimum atomic E-state index is -0.117. The van der Waals surface area contributed by atoms with Gasteiger partial charge in [-0.25, -0.2) is 4.98 Å². The maximum Gasteiger partial charge on any atom is 0.238 e. The molecule has 0 unspecified atom stereocenters. The predicted octanol–water partition coefficient (Wildman–Crippen LogP) is 1.76. The molecule has 0 bridgehead atoms. The monoisotopic (exact) mass is 239 g/mol. The number of hydrogen-bond acceptors (Lipinski definition) is 3. The standard InChI is InChI=1S/C11H14ClN3O/c1-3-6-13-7-11(16)15-9-4-5-10(12)14-8(9)2/h3-5,13H,1,6-7H2,2H3,(H,15,16). The van der Waals surface area contributed by atoms with E-state index in [2.05, 4.69) is 22.2 Å². The molecule has 0 radical (unpaired) electrons. The molecule has 5 heteroatoms. The Morgan fingerprint density at radius 3 is 3.00 bits per heavy atom. The van der Waals surface area contributed by atoms with Crippen molar-refractivity contribution in [2.45, 2.75) is 6.92 Å². The molecule has 0 aliphatic heterocycles. The third kappa shape index (κ3) is 4.00. The lowest BCUT2D eigenvalue weighted by molar-refractivity contribution is -0.115. The van der Waals surface area contributed by atoms with Gasteiger partial charge >= 0.3 is 0 Å². The number of anilines is 1. The molecule has 0 atom stereocenters. The highest BCUT2D eigenvalue weighted by Crippen LogP contribution is 2.15. The molecular weight excluding hydrogens is 226 g/mol. The van der Waals surface area contributed by atoms with Gasteiger partial charge in [-0.1, -0.05) is 17.7 Å². The number of amides is 1. The summed E-state index contributed by atoms with van der Waals surface area (Å²) in [5.41, 5.74) is 1.37. The number of carbonyl (C=O) groups excluding carboxylic acids is 1. The van der Waals surface area contributed by atoms with E-state index in [0.29, 0.717) is 23.1 Å². The first kappa shape index (κ1) is 12.7. The van der Waals surface area contributed by atoms with Crippen LogP contribution >= 0.6 is 11.6 Å². The molecule has 1 heterocycles. The van der Waals surface area contributed by atoms with Crippen LogP contribution < -0.4 is 10.6 Å². The summed E-state index contributed by atoms with van der Waals surface area (Å²) in [6.45, 7) is 6.18. The van der Waals surface area contributed by atoms with Crippen LogP contribution in [0.25, 0.3) is 0 Å². The first-order chi connectivity index (χ1) is 7.63. The number of pyridine rings is 1. The van der Waals surface area contributed by atoms with Crippen LogP contribution in [0.2, 0.25) is 5.15 Å². The van der Waals surface area contributed by atoms with E-state index in [1.807, 2.05) is 0 Å². The second-order valence-corrected chi connectivity index (χ2v) is 3.62. The fourth-order valence-electron chi connectivity index (χ4n) is 1.14. The summed E-state index contributed by atoms with van der Waals surface area (Å²) in [5.74, 6) is -0.117. The van der Waals surface area contributed by atoms with Gasteiger partial charge in [0, 0.05) is 6.54 Å². The van der Waals surface area contributed by atoms with Crippen LogP contribution in [0.15, 0.2) is 24.8 Å². The molecule has 0 aliphatic rings. The molecule has 4 nitrogen and oxygen atoms in total. The van der Waals surface area contributed by atoms with Crippen molar-refractivity contribution in [3.05, 3.63) is 35.6 Å². The fourth-order valence-corrected chi connectivity index (χ4v) is 1.33. The van der Waals surface area contributed by atoms with Gasteiger partial charge in [0.25, 0.3) is 0 Å². The van der Waals surface area contributed by atoms with Crippen molar-refractivity contribution in [1.29, 1.82) is 0 Å². The smallest absolute Gasteiger partial charge is 0.238 e. The maximum absolute atomic E-state index is 11.5. The second-order valence-electron chi connectivity index (χ2n) is 3.23. The Hall–Kier alpha value is -1.39. The van der Waals surface area contributed by atoms with Crippen molar-refractivity contribution in [2.24, 2.45) is 0 Å². The third-order valence-electron chi connectivity index (χ3n) is 1.90. The number of aromatic nitrogens is 1. The molecule has 1 aromatic heterocycles. The van der Waals surface area contributed by atoms with Crippen molar-refractivity contribution in [1.82, 2.24) is 10.3 Å². The van der Waals surface area contributed by atoms with E-state index < -0.39 is 0 Å². The summed E-state index contributed by atoms with van der Waals surface area (Å²) in [5, 5.41) is 6.07. The Morgan fingerprint density at radius 2 is 2.38 bits per heavy atom. The minimum absolute atomic E-state index is 0.117. The van der Waals surface area contributed by atoms with E-state index in [4.69, 9.17) is 11.6 Å². The highest BCUT2D eigenvalue weighted by molar-refractivity contribution is 6.29. The molecule has 0 aromatic carbocycles. The molecule has 16 heavy (non-hydrogen) atoms. The average molecular weight is 240 g/mol. The molecule has 0 spiro atoms. The van der Waals surface area contributed by atoms with Crippen molar-refractivity contribution in [3.63, 3.8) is 0 Å². The Morgan fingerprint density at radius 1 is 1.62 bits per heavy atom. The van der Waals surface area contributed by atoms with E-state index in [-0.39, 0.29) is 12.5 Å². The van der Waals surface area contributed by atoms with E-state index >= 15 is 0 Å². The molecule has 0 aliphatic carbocycles. The summed E-state index contributed by atoms with van der Waals surface area (Å²) < 4.78 is 0. The highest BCUT2D eigenvalue weighted by atomic mass is 35.5. The average Bonchev–Trinajstić information content (AvgIpc) is 2.23. The molecular formula is C11H14ClN3O. The van der Waals surface area contributed by atoms with Gasteiger partial charge in [-0.3, -0.25) is 4.79 Å². The Kier molecular flexibility index (Phi) is 4.95. The van der Waals surface area contributed by atoms with E-state index in [0.717, 1.165) is 0 Å². The number of aryl methyl sites for hydroxylation is 1. The summed E-state index contributed by atoms with van der Waals surface area (Å²) in [6, 6.07) is 3.37. The molecule has 0 fully saturated rings. The quantitative estimate of drug-likeness (QED) is 0.468. The van der Waals surface area contributed by atoms with Crippen molar-refractivity contribution < 1.29 is 4.79 Å². The first-order valence-corrected chi connectivity index (χ1v) is 5.26. The maximum atomic E-state index is 11.5. The normalized spacial score (nSPS) is 9.88. The molecule has 0 saturated heterocycles. The number of nitrogens with one attached hydrogen (secondary N) is 2. The van der Waals surface area contributed by atoms with Crippen LogP contribution in [-0.2, 0) is 4.79 Å². The van der Waals surface area contributed by atoms with Gasteiger partial charge in [0.05, 0.1) is 17.9 Å².